The van der Waals surface area contributed by atoms with Crippen molar-refractivity contribution in [3.05, 3.63) is 17.7 Å². The number of methoxy groups -OCH3 is 2. The van der Waals surface area contributed by atoms with Crippen molar-refractivity contribution in [3.8, 4) is 11.5 Å². The third-order valence-electron chi connectivity index (χ3n) is 4.81. The van der Waals surface area contributed by atoms with Crippen LogP contribution in [-0.4, -0.2) is 26.5 Å². The van der Waals surface area contributed by atoms with Crippen molar-refractivity contribution in [2.24, 2.45) is 11.8 Å². The molecule has 0 aromatic heterocycles. The molecule has 3 atom stereocenters. The summed E-state index contributed by atoms with van der Waals surface area (Å²) < 4.78 is 10.8. The molecule has 0 amide bonds. The molecule has 4 heteroatoms. The third kappa shape index (κ3) is 3.67. The Hall–Kier alpha value is -0.870. The summed E-state index contributed by atoms with van der Waals surface area (Å²) in [4.78, 5) is 1.25. The topological polar surface area (TPSA) is 30.5 Å². The zero-order chi connectivity index (χ0) is 15.4. The zero-order valence-electron chi connectivity index (χ0n) is 13.7. The first-order valence-electron chi connectivity index (χ1n) is 7.63. The Kier molecular flexibility index (Phi) is 5.82. The van der Waals surface area contributed by atoms with Gasteiger partial charge in [0.25, 0.3) is 0 Å². The third-order valence-corrected chi connectivity index (χ3v) is 5.63. The Morgan fingerprint density at radius 1 is 1.14 bits per heavy atom. The standard InChI is InChI=1S/C17H27NO2S/c1-11-6-7-14(12(11)2)18-10-13-8-15(19-3)16(20-4)9-17(13)21-5/h8-9,11-12,14,18H,6-7,10H2,1-5H3. The summed E-state index contributed by atoms with van der Waals surface area (Å²) in [6.07, 6.45) is 4.72. The first-order valence-corrected chi connectivity index (χ1v) is 8.85. The molecule has 1 fully saturated rings. The zero-order valence-corrected chi connectivity index (χ0v) is 14.5. The minimum Gasteiger partial charge on any atom is -0.493 e. The minimum atomic E-state index is 0.628. The van der Waals surface area contributed by atoms with Crippen LogP contribution >= 0.6 is 11.8 Å². The van der Waals surface area contributed by atoms with Crippen LogP contribution in [0.2, 0.25) is 0 Å². The fourth-order valence-electron chi connectivity index (χ4n) is 3.12. The van der Waals surface area contributed by atoms with Crippen molar-refractivity contribution in [3.63, 3.8) is 0 Å². The normalized spacial score (nSPS) is 25.1. The molecule has 1 aromatic rings. The fourth-order valence-corrected chi connectivity index (χ4v) is 3.74. The van der Waals surface area contributed by atoms with Crippen molar-refractivity contribution in [1.82, 2.24) is 5.32 Å². The van der Waals surface area contributed by atoms with Gasteiger partial charge in [-0.2, -0.15) is 0 Å². The molecule has 3 nitrogen and oxygen atoms in total. The van der Waals surface area contributed by atoms with Crippen LogP contribution in [0.3, 0.4) is 0 Å². The monoisotopic (exact) mass is 309 g/mol. The number of hydrogen-bond acceptors (Lipinski definition) is 4. The molecule has 0 radical (unpaired) electrons. The van der Waals surface area contributed by atoms with E-state index >= 15 is 0 Å². The molecule has 118 valence electrons. The highest BCUT2D eigenvalue weighted by Crippen LogP contribution is 2.35. The maximum absolute atomic E-state index is 5.42. The predicted octanol–water partition coefficient (Wildman–Crippen LogP) is 3.95. The Bertz CT molecular complexity index is 478. The van der Waals surface area contributed by atoms with Gasteiger partial charge in [0.1, 0.15) is 0 Å². The lowest BCUT2D eigenvalue weighted by Gasteiger charge is -2.21. The number of nitrogens with one attached hydrogen (secondary N) is 1. The molecular formula is C17H27NO2S. The van der Waals surface area contributed by atoms with E-state index in [-0.39, 0.29) is 0 Å². The fraction of sp³-hybridized carbons (Fsp3) is 0.647. The highest BCUT2D eigenvalue weighted by atomic mass is 32.2. The predicted molar refractivity (Wildman–Crippen MR) is 89.5 cm³/mol. The van der Waals surface area contributed by atoms with Crippen molar-refractivity contribution in [1.29, 1.82) is 0 Å². The molecule has 0 aliphatic heterocycles. The summed E-state index contributed by atoms with van der Waals surface area (Å²) >= 11 is 1.75. The van der Waals surface area contributed by atoms with Gasteiger partial charge in [-0.25, -0.2) is 0 Å². The van der Waals surface area contributed by atoms with Gasteiger partial charge in [-0.3, -0.25) is 0 Å². The van der Waals surface area contributed by atoms with Gasteiger partial charge in [-0.15, -0.1) is 11.8 Å². The van der Waals surface area contributed by atoms with Crippen LogP contribution < -0.4 is 14.8 Å². The number of hydrogen-bond donors (Lipinski definition) is 1. The van der Waals surface area contributed by atoms with E-state index in [1.807, 2.05) is 0 Å². The average molecular weight is 309 g/mol. The summed E-state index contributed by atoms with van der Waals surface area (Å²) in [5.74, 6) is 3.18. The van der Waals surface area contributed by atoms with E-state index in [2.05, 4.69) is 37.6 Å². The van der Waals surface area contributed by atoms with Crippen LogP contribution in [-0.2, 0) is 6.54 Å². The highest BCUT2D eigenvalue weighted by molar-refractivity contribution is 7.98. The van der Waals surface area contributed by atoms with Crippen LogP contribution in [0.15, 0.2) is 17.0 Å². The maximum atomic E-state index is 5.42. The first kappa shape index (κ1) is 16.5. The van der Waals surface area contributed by atoms with E-state index in [4.69, 9.17) is 9.47 Å². The number of rotatable bonds is 6. The van der Waals surface area contributed by atoms with E-state index in [9.17, 15) is 0 Å². The van der Waals surface area contributed by atoms with E-state index in [1.165, 1.54) is 23.3 Å². The maximum Gasteiger partial charge on any atom is 0.161 e. The van der Waals surface area contributed by atoms with Crippen molar-refractivity contribution in [2.75, 3.05) is 20.5 Å². The van der Waals surface area contributed by atoms with E-state index < -0.39 is 0 Å². The summed E-state index contributed by atoms with van der Waals surface area (Å²) in [5, 5.41) is 3.73. The SMILES string of the molecule is COc1cc(CNC2CCC(C)C2C)c(SC)cc1OC. The van der Waals surface area contributed by atoms with Crippen LogP contribution in [0.4, 0.5) is 0 Å². The largest absolute Gasteiger partial charge is 0.493 e. The van der Waals surface area contributed by atoms with Crippen molar-refractivity contribution >= 4 is 11.8 Å². The van der Waals surface area contributed by atoms with Gasteiger partial charge in [0.05, 0.1) is 14.2 Å². The molecule has 2 rings (SSSR count). The van der Waals surface area contributed by atoms with Crippen LogP contribution in [0.1, 0.15) is 32.3 Å². The summed E-state index contributed by atoms with van der Waals surface area (Å²) in [7, 11) is 3.37. The molecular weight excluding hydrogens is 282 g/mol. The highest BCUT2D eigenvalue weighted by Gasteiger charge is 2.29. The van der Waals surface area contributed by atoms with E-state index in [1.54, 1.807) is 26.0 Å². The summed E-state index contributed by atoms with van der Waals surface area (Å²) in [5.41, 5.74) is 1.28. The molecule has 0 bridgehead atoms. The molecule has 1 aliphatic carbocycles. The molecule has 21 heavy (non-hydrogen) atoms. The molecule has 0 heterocycles. The molecule has 1 N–H and O–H groups in total. The average Bonchev–Trinajstić information content (AvgIpc) is 2.83. The van der Waals surface area contributed by atoms with E-state index in [0.29, 0.717) is 6.04 Å². The second kappa shape index (κ2) is 7.41. The number of ether oxygens (including phenoxy) is 2. The van der Waals surface area contributed by atoms with Gasteiger partial charge in [-0.1, -0.05) is 13.8 Å². The lowest BCUT2D eigenvalue weighted by Crippen LogP contribution is -2.32. The summed E-state index contributed by atoms with van der Waals surface area (Å²) in [6, 6.07) is 4.80. The van der Waals surface area contributed by atoms with Crippen molar-refractivity contribution in [2.45, 2.75) is 44.2 Å². The summed E-state index contributed by atoms with van der Waals surface area (Å²) in [6.45, 7) is 5.60. The van der Waals surface area contributed by atoms with Crippen LogP contribution in [0.25, 0.3) is 0 Å². The minimum absolute atomic E-state index is 0.628. The lowest BCUT2D eigenvalue weighted by atomic mass is 9.97. The Morgan fingerprint density at radius 2 is 1.81 bits per heavy atom. The Balaban J connectivity index is 2.11. The molecule has 1 aliphatic rings. The van der Waals surface area contributed by atoms with E-state index in [0.717, 1.165) is 29.9 Å². The van der Waals surface area contributed by atoms with Gasteiger partial charge in [0.2, 0.25) is 0 Å². The van der Waals surface area contributed by atoms with Crippen LogP contribution in [0.5, 0.6) is 11.5 Å². The second-order valence-electron chi connectivity index (χ2n) is 5.92. The van der Waals surface area contributed by atoms with Gasteiger partial charge < -0.3 is 14.8 Å². The molecule has 1 saturated carbocycles. The quantitative estimate of drug-likeness (QED) is 0.806. The molecule has 1 aromatic carbocycles. The molecule has 0 saturated heterocycles. The molecule has 3 unspecified atom stereocenters. The lowest BCUT2D eigenvalue weighted by molar-refractivity contribution is 0.351. The molecule has 0 spiro atoms. The number of benzene rings is 1. The van der Waals surface area contributed by atoms with Gasteiger partial charge in [0, 0.05) is 17.5 Å². The van der Waals surface area contributed by atoms with Crippen LogP contribution in [0, 0.1) is 11.8 Å². The van der Waals surface area contributed by atoms with Gasteiger partial charge in [-0.05, 0) is 48.6 Å². The smallest absolute Gasteiger partial charge is 0.161 e. The number of thioether (sulfide) groups is 1. The van der Waals surface area contributed by atoms with Gasteiger partial charge >= 0.3 is 0 Å². The van der Waals surface area contributed by atoms with Crippen molar-refractivity contribution < 1.29 is 9.47 Å². The Labute approximate surface area is 132 Å². The Morgan fingerprint density at radius 3 is 2.33 bits per heavy atom. The first-order chi connectivity index (χ1) is 10.1. The van der Waals surface area contributed by atoms with Gasteiger partial charge in [0.15, 0.2) is 11.5 Å². The second-order valence-corrected chi connectivity index (χ2v) is 6.77.